The zero-order valence-electron chi connectivity index (χ0n) is 12.2. The molecule has 2 rings (SSSR count). The Bertz CT molecular complexity index is 371. The van der Waals surface area contributed by atoms with Gasteiger partial charge >= 0.3 is 0 Å². The lowest BCUT2D eigenvalue weighted by molar-refractivity contribution is 0.214. The molecule has 0 saturated heterocycles. The van der Waals surface area contributed by atoms with Crippen molar-refractivity contribution < 1.29 is 4.74 Å². The zero-order valence-corrected chi connectivity index (χ0v) is 12.2. The molecule has 0 amide bonds. The molecular weight excluding hydrogens is 236 g/mol. The van der Waals surface area contributed by atoms with Crippen molar-refractivity contribution in [1.82, 2.24) is 5.32 Å². The van der Waals surface area contributed by atoms with Gasteiger partial charge in [0.15, 0.2) is 0 Å². The lowest BCUT2D eigenvalue weighted by Crippen LogP contribution is -2.32. The van der Waals surface area contributed by atoms with Crippen molar-refractivity contribution in [2.24, 2.45) is 16.8 Å². The molecule has 3 nitrogen and oxygen atoms in total. The molecular formula is C16H26N2O. The third-order valence-electron chi connectivity index (χ3n) is 3.89. The fourth-order valence-electron chi connectivity index (χ4n) is 2.82. The monoisotopic (exact) mass is 262 g/mol. The predicted molar refractivity (Wildman–Crippen MR) is 80.0 cm³/mol. The highest BCUT2D eigenvalue weighted by atomic mass is 16.5. The van der Waals surface area contributed by atoms with Crippen LogP contribution < -0.4 is 5.32 Å². The topological polar surface area (TPSA) is 33.6 Å². The van der Waals surface area contributed by atoms with Crippen molar-refractivity contribution in [2.75, 3.05) is 13.2 Å². The Hall–Kier alpha value is -1.25. The molecule has 0 bridgehead atoms. The number of aliphatic imine (C=N–C) groups is 1. The van der Waals surface area contributed by atoms with E-state index in [1.165, 1.54) is 30.9 Å². The van der Waals surface area contributed by atoms with Gasteiger partial charge in [-0.15, -0.1) is 0 Å². The number of unbranched alkanes of at least 4 members (excludes halogenated alkanes) is 1. The van der Waals surface area contributed by atoms with Gasteiger partial charge in [0.2, 0.25) is 0 Å². The Kier molecular flexibility index (Phi) is 5.49. The maximum Gasteiger partial charge on any atom is 0.104 e. The molecule has 0 aromatic heterocycles. The van der Waals surface area contributed by atoms with Gasteiger partial charge in [0.05, 0.1) is 12.4 Å². The van der Waals surface area contributed by atoms with Crippen LogP contribution in [0, 0.1) is 11.8 Å². The number of hydrogen-bond donors (Lipinski definition) is 1. The lowest BCUT2D eigenvalue weighted by Gasteiger charge is -2.25. The molecule has 2 unspecified atom stereocenters. The van der Waals surface area contributed by atoms with Gasteiger partial charge in [0.25, 0.3) is 0 Å². The van der Waals surface area contributed by atoms with E-state index in [1.807, 2.05) is 6.20 Å². The summed E-state index contributed by atoms with van der Waals surface area (Å²) in [6.45, 7) is 6.03. The number of allylic oxidation sites excluding steroid dienone is 3. The first-order chi connectivity index (χ1) is 9.35. The number of ether oxygens (including phenoxy) is 1. The number of rotatable bonds is 7. The van der Waals surface area contributed by atoms with E-state index >= 15 is 0 Å². The second-order valence-corrected chi connectivity index (χ2v) is 5.27. The molecule has 0 saturated carbocycles. The third-order valence-corrected chi connectivity index (χ3v) is 3.89. The minimum atomic E-state index is 0.583. The van der Waals surface area contributed by atoms with Crippen LogP contribution in [-0.4, -0.2) is 19.0 Å². The number of amidine groups is 1. The van der Waals surface area contributed by atoms with Gasteiger partial charge in [0, 0.05) is 18.9 Å². The van der Waals surface area contributed by atoms with Crippen LogP contribution in [0.25, 0.3) is 0 Å². The Labute approximate surface area is 116 Å². The zero-order chi connectivity index (χ0) is 13.5. The van der Waals surface area contributed by atoms with Crippen molar-refractivity contribution in [1.29, 1.82) is 0 Å². The number of hydrogen-bond acceptors (Lipinski definition) is 3. The highest BCUT2D eigenvalue weighted by Gasteiger charge is 2.29. The first kappa shape index (κ1) is 14.2. The largest absolute Gasteiger partial charge is 0.499 e. The van der Waals surface area contributed by atoms with E-state index in [-0.39, 0.29) is 0 Å². The molecule has 106 valence electrons. The predicted octanol–water partition coefficient (Wildman–Crippen LogP) is 3.64. The smallest absolute Gasteiger partial charge is 0.104 e. The van der Waals surface area contributed by atoms with E-state index in [9.17, 15) is 0 Å². The van der Waals surface area contributed by atoms with E-state index in [0.717, 1.165) is 26.0 Å². The van der Waals surface area contributed by atoms with Gasteiger partial charge in [-0.25, -0.2) is 0 Å². The molecule has 0 aromatic rings. The minimum Gasteiger partial charge on any atom is -0.499 e. The maximum absolute atomic E-state index is 5.74. The first-order valence-corrected chi connectivity index (χ1v) is 7.64. The summed E-state index contributed by atoms with van der Waals surface area (Å²) >= 11 is 0. The molecule has 19 heavy (non-hydrogen) atoms. The van der Waals surface area contributed by atoms with E-state index in [4.69, 9.17) is 4.74 Å². The molecule has 3 heteroatoms. The van der Waals surface area contributed by atoms with Crippen LogP contribution in [0.15, 0.2) is 29.1 Å². The van der Waals surface area contributed by atoms with Crippen LogP contribution in [0.4, 0.5) is 0 Å². The van der Waals surface area contributed by atoms with Crippen LogP contribution in [-0.2, 0) is 4.74 Å². The Balaban J connectivity index is 1.92. The summed E-state index contributed by atoms with van der Waals surface area (Å²) in [6.07, 6.45) is 12.4. The maximum atomic E-state index is 5.74. The van der Waals surface area contributed by atoms with E-state index in [1.54, 1.807) is 0 Å². The molecule has 0 fully saturated rings. The highest BCUT2D eigenvalue weighted by molar-refractivity contribution is 5.88. The fourth-order valence-corrected chi connectivity index (χ4v) is 2.82. The second-order valence-electron chi connectivity index (χ2n) is 5.27. The van der Waals surface area contributed by atoms with E-state index in [0.29, 0.717) is 11.8 Å². The van der Waals surface area contributed by atoms with Crippen LogP contribution in [0.1, 0.15) is 46.0 Å². The van der Waals surface area contributed by atoms with Gasteiger partial charge in [-0.2, -0.15) is 0 Å². The summed E-state index contributed by atoms with van der Waals surface area (Å²) in [5.74, 6) is 3.54. The molecule has 2 heterocycles. The molecule has 0 aliphatic carbocycles. The summed E-state index contributed by atoms with van der Waals surface area (Å²) in [4.78, 5) is 4.52. The Morgan fingerprint density at radius 2 is 2.42 bits per heavy atom. The molecule has 2 atom stereocenters. The van der Waals surface area contributed by atoms with Crippen molar-refractivity contribution in [2.45, 2.75) is 46.0 Å². The molecule has 1 N–H and O–H groups in total. The van der Waals surface area contributed by atoms with Crippen LogP contribution in [0.3, 0.4) is 0 Å². The third kappa shape index (κ3) is 3.85. The van der Waals surface area contributed by atoms with Crippen molar-refractivity contribution in [3.63, 3.8) is 0 Å². The number of fused-ring (bicyclic) bond motifs is 1. The minimum absolute atomic E-state index is 0.583. The van der Waals surface area contributed by atoms with Crippen LogP contribution >= 0.6 is 0 Å². The van der Waals surface area contributed by atoms with Gasteiger partial charge in [0.1, 0.15) is 5.84 Å². The molecule has 0 radical (unpaired) electrons. The van der Waals surface area contributed by atoms with Crippen molar-refractivity contribution in [3.05, 3.63) is 24.1 Å². The summed E-state index contributed by atoms with van der Waals surface area (Å²) in [6, 6.07) is 0. The van der Waals surface area contributed by atoms with Crippen molar-refractivity contribution >= 4 is 5.84 Å². The number of nitrogens with one attached hydrogen (secondary N) is 1. The lowest BCUT2D eigenvalue weighted by atomic mass is 9.85. The summed E-state index contributed by atoms with van der Waals surface area (Å²) in [7, 11) is 0. The highest BCUT2D eigenvalue weighted by Crippen LogP contribution is 2.29. The van der Waals surface area contributed by atoms with Gasteiger partial charge < -0.3 is 10.1 Å². The molecule has 2 aliphatic heterocycles. The SMILES string of the molecule is CCCC/C(=C\CC1C=CNC2=NCCC21)OCC. The molecule has 2 aliphatic rings. The average Bonchev–Trinajstić information content (AvgIpc) is 2.90. The van der Waals surface area contributed by atoms with Gasteiger partial charge in [-0.05, 0) is 44.4 Å². The van der Waals surface area contributed by atoms with Gasteiger partial charge in [-0.1, -0.05) is 19.4 Å². The molecule has 0 aromatic carbocycles. The summed E-state index contributed by atoms with van der Waals surface area (Å²) in [5.41, 5.74) is 0. The Morgan fingerprint density at radius 1 is 1.53 bits per heavy atom. The number of nitrogens with zero attached hydrogens (tertiary/aromatic N) is 1. The normalized spacial score (nSPS) is 25.8. The Morgan fingerprint density at radius 3 is 3.21 bits per heavy atom. The van der Waals surface area contributed by atoms with E-state index in [2.05, 4.69) is 36.3 Å². The van der Waals surface area contributed by atoms with Crippen molar-refractivity contribution in [3.8, 4) is 0 Å². The quantitative estimate of drug-likeness (QED) is 0.711. The average molecular weight is 262 g/mol. The van der Waals surface area contributed by atoms with Crippen LogP contribution in [0.5, 0.6) is 0 Å². The van der Waals surface area contributed by atoms with E-state index < -0.39 is 0 Å². The standard InChI is InChI=1S/C16H26N2O/c1-3-5-6-14(19-4-2)8-7-13-9-11-17-16-15(13)10-12-18-16/h8-9,11,13,15H,3-7,10,12H2,1-2H3,(H,17,18)/b14-8+. The summed E-state index contributed by atoms with van der Waals surface area (Å²) in [5, 5.41) is 3.28. The first-order valence-electron chi connectivity index (χ1n) is 7.64. The fraction of sp³-hybridized carbons (Fsp3) is 0.688. The second kappa shape index (κ2) is 7.37. The van der Waals surface area contributed by atoms with Crippen LogP contribution in [0.2, 0.25) is 0 Å². The summed E-state index contributed by atoms with van der Waals surface area (Å²) < 4.78 is 5.74. The molecule has 0 spiro atoms. The van der Waals surface area contributed by atoms with Gasteiger partial charge in [-0.3, -0.25) is 4.99 Å².